The van der Waals surface area contributed by atoms with Crippen molar-refractivity contribution in [3.05, 3.63) is 11.9 Å². The Labute approximate surface area is 119 Å². The predicted molar refractivity (Wildman–Crippen MR) is 80.4 cm³/mol. The lowest BCUT2D eigenvalue weighted by Crippen LogP contribution is -2.34. The van der Waals surface area contributed by atoms with Gasteiger partial charge >= 0.3 is 0 Å². The fourth-order valence-electron chi connectivity index (χ4n) is 1.81. The van der Waals surface area contributed by atoms with Gasteiger partial charge in [0.25, 0.3) is 0 Å². The highest BCUT2D eigenvalue weighted by Gasteiger charge is 2.16. The number of carbonyl (C=O) groups excluding carboxylic acids is 1. The van der Waals surface area contributed by atoms with Crippen LogP contribution in [0.5, 0.6) is 0 Å². The summed E-state index contributed by atoms with van der Waals surface area (Å²) in [5.41, 5.74) is 2.55. The van der Waals surface area contributed by atoms with Gasteiger partial charge in [-0.15, -0.1) is 0 Å². The fourth-order valence-corrected chi connectivity index (χ4v) is 1.81. The van der Waals surface area contributed by atoms with Crippen molar-refractivity contribution in [1.82, 2.24) is 15.3 Å². The zero-order valence-electron chi connectivity index (χ0n) is 12.8. The maximum Gasteiger partial charge on any atom is 0.224 e. The highest BCUT2D eigenvalue weighted by atomic mass is 16.1. The van der Waals surface area contributed by atoms with Crippen LogP contribution >= 0.6 is 0 Å². The second-order valence-corrected chi connectivity index (χ2v) is 5.16. The van der Waals surface area contributed by atoms with Crippen LogP contribution in [-0.2, 0) is 4.79 Å². The van der Waals surface area contributed by atoms with Crippen molar-refractivity contribution >= 4 is 17.5 Å². The van der Waals surface area contributed by atoms with Crippen molar-refractivity contribution in [3.63, 3.8) is 0 Å². The van der Waals surface area contributed by atoms with Gasteiger partial charge in [0, 0.05) is 32.6 Å². The summed E-state index contributed by atoms with van der Waals surface area (Å²) in [6.45, 7) is 6.49. The van der Waals surface area contributed by atoms with Crippen molar-refractivity contribution in [2.75, 3.05) is 31.0 Å². The summed E-state index contributed by atoms with van der Waals surface area (Å²) in [5, 5.41) is 2.64. The van der Waals surface area contributed by atoms with E-state index in [2.05, 4.69) is 20.7 Å². The number of nitrogen functional groups attached to an aromatic ring is 1. The molecule has 1 aromatic heterocycles. The minimum Gasteiger partial charge on any atom is -0.359 e. The summed E-state index contributed by atoms with van der Waals surface area (Å²) in [6.07, 6.45) is 0. The van der Waals surface area contributed by atoms with Crippen molar-refractivity contribution in [2.24, 2.45) is 11.8 Å². The first-order valence-electron chi connectivity index (χ1n) is 6.67. The molecular formula is C13H24N6O. The largest absolute Gasteiger partial charge is 0.359 e. The molecule has 0 aliphatic rings. The summed E-state index contributed by atoms with van der Waals surface area (Å²) in [6, 6.07) is 1.77. The van der Waals surface area contributed by atoms with E-state index in [9.17, 15) is 4.79 Å². The van der Waals surface area contributed by atoms with Crippen LogP contribution in [0.1, 0.15) is 32.5 Å². The molecule has 112 valence electrons. The van der Waals surface area contributed by atoms with E-state index in [1.807, 2.05) is 32.7 Å². The number of carbonyl (C=O) groups is 1. The number of nitrogens with one attached hydrogen (secondary N) is 2. The maximum absolute atomic E-state index is 11.6. The van der Waals surface area contributed by atoms with Gasteiger partial charge in [0.05, 0.1) is 5.92 Å². The minimum atomic E-state index is -0.128. The minimum absolute atomic E-state index is 0.00663. The van der Waals surface area contributed by atoms with E-state index >= 15 is 0 Å². The molecule has 0 saturated carbocycles. The van der Waals surface area contributed by atoms with Gasteiger partial charge in [0.15, 0.2) is 0 Å². The van der Waals surface area contributed by atoms with E-state index in [4.69, 9.17) is 5.84 Å². The molecule has 20 heavy (non-hydrogen) atoms. The molecule has 7 nitrogen and oxygen atoms in total. The highest BCUT2D eigenvalue weighted by Crippen LogP contribution is 2.19. The first kappa shape index (κ1) is 16.2. The third-order valence-electron chi connectivity index (χ3n) is 3.03. The molecule has 0 fully saturated rings. The SMILES string of the molecule is CNC(=O)C(C)CN(C)c1cc(NN)nc(C(C)C)n1. The first-order valence-corrected chi connectivity index (χ1v) is 6.67. The summed E-state index contributed by atoms with van der Waals surface area (Å²) in [7, 11) is 3.53. The summed E-state index contributed by atoms with van der Waals surface area (Å²) >= 11 is 0. The average molecular weight is 280 g/mol. The number of hydrogen-bond acceptors (Lipinski definition) is 6. The van der Waals surface area contributed by atoms with Gasteiger partial charge in [-0.1, -0.05) is 20.8 Å². The van der Waals surface area contributed by atoms with Crippen LogP contribution in [0, 0.1) is 5.92 Å². The number of nitrogens with two attached hydrogens (primary N) is 1. The molecule has 1 atom stereocenters. The number of hydrazine groups is 1. The molecule has 1 rings (SSSR count). The molecule has 1 aromatic rings. The molecule has 4 N–H and O–H groups in total. The van der Waals surface area contributed by atoms with Crippen LogP contribution in [0.4, 0.5) is 11.6 Å². The van der Waals surface area contributed by atoms with Crippen LogP contribution in [0.15, 0.2) is 6.07 Å². The van der Waals surface area contributed by atoms with Crippen LogP contribution in [0.2, 0.25) is 0 Å². The molecule has 0 spiro atoms. The van der Waals surface area contributed by atoms with Gasteiger partial charge in [-0.2, -0.15) is 0 Å². The first-order chi connectivity index (χ1) is 9.38. The van der Waals surface area contributed by atoms with Gasteiger partial charge in [-0.25, -0.2) is 15.8 Å². The molecule has 0 aromatic carbocycles. The standard InChI is InChI=1S/C13H24N6O/c1-8(2)12-16-10(18-14)6-11(17-12)19(5)7-9(3)13(20)15-4/h6,8-9H,7,14H2,1-5H3,(H,15,20)(H,16,17,18). The van der Waals surface area contributed by atoms with E-state index in [0.29, 0.717) is 12.4 Å². The summed E-state index contributed by atoms with van der Waals surface area (Å²) < 4.78 is 0. The van der Waals surface area contributed by atoms with Gasteiger partial charge in [0.2, 0.25) is 5.91 Å². The Bertz CT molecular complexity index is 462. The Morgan fingerprint density at radius 3 is 2.55 bits per heavy atom. The number of nitrogens with zero attached hydrogens (tertiary/aromatic N) is 3. The second kappa shape index (κ2) is 7.04. The molecule has 1 amide bonds. The Morgan fingerprint density at radius 2 is 2.05 bits per heavy atom. The molecule has 1 heterocycles. The highest BCUT2D eigenvalue weighted by molar-refractivity contribution is 5.78. The maximum atomic E-state index is 11.6. The van der Waals surface area contributed by atoms with Crippen LogP contribution < -0.4 is 21.5 Å². The monoisotopic (exact) mass is 280 g/mol. The van der Waals surface area contributed by atoms with Gasteiger partial charge in [-0.3, -0.25) is 4.79 Å². The summed E-state index contributed by atoms with van der Waals surface area (Å²) in [5.74, 6) is 7.54. The quantitative estimate of drug-likeness (QED) is 0.524. The lowest BCUT2D eigenvalue weighted by atomic mass is 10.1. The molecular weight excluding hydrogens is 256 g/mol. The van der Waals surface area contributed by atoms with Crippen molar-refractivity contribution in [1.29, 1.82) is 0 Å². The number of hydrogen-bond donors (Lipinski definition) is 3. The number of amides is 1. The van der Waals surface area contributed by atoms with Crippen molar-refractivity contribution in [3.8, 4) is 0 Å². The molecule has 0 aliphatic carbocycles. The van der Waals surface area contributed by atoms with E-state index in [1.54, 1.807) is 13.1 Å². The Hall–Kier alpha value is -1.89. The third kappa shape index (κ3) is 4.06. The lowest BCUT2D eigenvalue weighted by Gasteiger charge is -2.23. The predicted octanol–water partition coefficient (Wildman–Crippen LogP) is 0.704. The van der Waals surface area contributed by atoms with E-state index in [0.717, 1.165) is 11.6 Å². The zero-order valence-corrected chi connectivity index (χ0v) is 12.8. The number of aromatic nitrogens is 2. The van der Waals surface area contributed by atoms with Crippen LogP contribution in [0.3, 0.4) is 0 Å². The smallest absolute Gasteiger partial charge is 0.224 e. The Balaban J connectivity index is 2.94. The van der Waals surface area contributed by atoms with Gasteiger partial charge < -0.3 is 15.6 Å². The topological polar surface area (TPSA) is 96.2 Å². The second-order valence-electron chi connectivity index (χ2n) is 5.16. The molecule has 1 unspecified atom stereocenters. The lowest BCUT2D eigenvalue weighted by molar-refractivity contribution is -0.123. The molecule has 0 saturated heterocycles. The molecule has 0 bridgehead atoms. The van der Waals surface area contributed by atoms with Crippen molar-refractivity contribution in [2.45, 2.75) is 26.7 Å². The van der Waals surface area contributed by atoms with E-state index in [1.165, 1.54) is 0 Å². The fraction of sp³-hybridized carbons (Fsp3) is 0.615. The number of anilines is 2. The average Bonchev–Trinajstić information content (AvgIpc) is 2.45. The van der Waals surface area contributed by atoms with Gasteiger partial charge in [-0.05, 0) is 0 Å². The Kier molecular flexibility index (Phi) is 5.69. The number of rotatable bonds is 6. The summed E-state index contributed by atoms with van der Waals surface area (Å²) in [4.78, 5) is 22.3. The third-order valence-corrected chi connectivity index (χ3v) is 3.03. The normalized spacial score (nSPS) is 12.2. The van der Waals surface area contributed by atoms with Crippen LogP contribution in [0.25, 0.3) is 0 Å². The van der Waals surface area contributed by atoms with E-state index < -0.39 is 0 Å². The molecule has 0 radical (unpaired) electrons. The van der Waals surface area contributed by atoms with Crippen LogP contribution in [-0.4, -0.2) is 36.5 Å². The zero-order chi connectivity index (χ0) is 15.3. The molecule has 7 heteroatoms. The van der Waals surface area contributed by atoms with Gasteiger partial charge in [0.1, 0.15) is 17.5 Å². The molecule has 0 aliphatic heterocycles. The Morgan fingerprint density at radius 1 is 1.40 bits per heavy atom. The van der Waals surface area contributed by atoms with E-state index in [-0.39, 0.29) is 17.7 Å². The van der Waals surface area contributed by atoms with Crippen molar-refractivity contribution < 1.29 is 4.79 Å².